The van der Waals surface area contributed by atoms with Crippen LogP contribution in [0.4, 0.5) is 5.69 Å². The van der Waals surface area contributed by atoms with Crippen LogP contribution in [0.3, 0.4) is 0 Å². The van der Waals surface area contributed by atoms with E-state index in [1.54, 1.807) is 28.8 Å². The van der Waals surface area contributed by atoms with Crippen LogP contribution in [-0.4, -0.2) is 34.9 Å². The monoisotopic (exact) mass is 374 g/mol. The normalized spacial score (nSPS) is 16.1. The Morgan fingerprint density at radius 3 is 2.84 bits per heavy atom. The van der Waals surface area contributed by atoms with Crippen LogP contribution >= 0.6 is 23.4 Å². The zero-order chi connectivity index (χ0) is 17.6. The summed E-state index contributed by atoms with van der Waals surface area (Å²) in [5, 5.41) is 1.42. The number of nitrogens with zero attached hydrogens (tertiary/aromatic N) is 2. The molecular weight excluding hydrogens is 356 g/mol. The second kappa shape index (κ2) is 8.41. The van der Waals surface area contributed by atoms with Crippen molar-refractivity contribution in [2.75, 3.05) is 18.9 Å². The summed E-state index contributed by atoms with van der Waals surface area (Å²) in [6.07, 6.45) is 0.949. The molecular formula is C19H19ClN2O2S. The van der Waals surface area contributed by atoms with Gasteiger partial charge in [0.25, 0.3) is 5.91 Å². The predicted octanol–water partition coefficient (Wildman–Crippen LogP) is 4.68. The zero-order valence-electron chi connectivity index (χ0n) is 13.9. The van der Waals surface area contributed by atoms with Crippen LogP contribution in [0.25, 0.3) is 0 Å². The molecule has 1 aliphatic rings. The number of hydrogen-bond donors (Lipinski definition) is 0. The molecule has 0 aliphatic carbocycles. The SMILES string of the molecule is Cc1cc(OCC(=O)N2CCCSC2=Nc2ccccc2)ccc1Cl. The number of para-hydroxylation sites is 1. The van der Waals surface area contributed by atoms with Crippen LogP contribution in [0.2, 0.25) is 5.02 Å². The number of carbonyl (C=O) groups is 1. The lowest BCUT2D eigenvalue weighted by molar-refractivity contribution is -0.129. The topological polar surface area (TPSA) is 41.9 Å². The Balaban J connectivity index is 1.68. The lowest BCUT2D eigenvalue weighted by Crippen LogP contribution is -2.41. The minimum atomic E-state index is -0.0884. The van der Waals surface area contributed by atoms with Gasteiger partial charge >= 0.3 is 0 Å². The molecule has 1 aliphatic heterocycles. The van der Waals surface area contributed by atoms with Gasteiger partial charge in [-0.3, -0.25) is 9.69 Å². The second-order valence-corrected chi connectivity index (χ2v) is 7.15. The Kier molecular flexibility index (Phi) is 6.00. The van der Waals surface area contributed by atoms with Gasteiger partial charge < -0.3 is 4.74 Å². The molecule has 1 saturated heterocycles. The third kappa shape index (κ3) is 4.77. The van der Waals surface area contributed by atoms with Crippen LogP contribution in [0, 0.1) is 6.92 Å². The molecule has 0 unspecified atom stereocenters. The van der Waals surface area contributed by atoms with Crippen molar-refractivity contribution < 1.29 is 9.53 Å². The van der Waals surface area contributed by atoms with E-state index in [9.17, 15) is 4.79 Å². The molecule has 1 amide bonds. The van der Waals surface area contributed by atoms with E-state index in [2.05, 4.69) is 4.99 Å². The summed E-state index contributed by atoms with van der Waals surface area (Å²) in [5.74, 6) is 1.52. The molecule has 4 nitrogen and oxygen atoms in total. The second-order valence-electron chi connectivity index (χ2n) is 5.68. The number of halogens is 1. The zero-order valence-corrected chi connectivity index (χ0v) is 15.5. The van der Waals surface area contributed by atoms with Gasteiger partial charge in [0.1, 0.15) is 5.75 Å². The molecule has 3 rings (SSSR count). The summed E-state index contributed by atoms with van der Waals surface area (Å²) in [5.41, 5.74) is 1.77. The molecule has 2 aromatic carbocycles. The summed E-state index contributed by atoms with van der Waals surface area (Å²) < 4.78 is 5.64. The summed E-state index contributed by atoms with van der Waals surface area (Å²) in [4.78, 5) is 18.9. The average Bonchev–Trinajstić information content (AvgIpc) is 2.64. The van der Waals surface area contributed by atoms with E-state index in [4.69, 9.17) is 16.3 Å². The summed E-state index contributed by atoms with van der Waals surface area (Å²) in [6, 6.07) is 15.1. The first-order chi connectivity index (χ1) is 12.1. The van der Waals surface area contributed by atoms with Crippen LogP contribution in [-0.2, 0) is 4.79 Å². The lowest BCUT2D eigenvalue weighted by Gasteiger charge is -2.27. The Labute approximate surface area is 156 Å². The molecule has 0 N–H and O–H groups in total. The molecule has 130 valence electrons. The fourth-order valence-electron chi connectivity index (χ4n) is 2.43. The molecule has 2 aromatic rings. The van der Waals surface area contributed by atoms with E-state index in [1.165, 1.54) is 0 Å². The Morgan fingerprint density at radius 2 is 2.08 bits per heavy atom. The smallest absolute Gasteiger partial charge is 0.266 e. The quantitative estimate of drug-likeness (QED) is 0.780. The number of carbonyl (C=O) groups excluding carboxylic acids is 1. The third-order valence-electron chi connectivity index (χ3n) is 3.76. The summed E-state index contributed by atoms with van der Waals surface area (Å²) in [6.45, 7) is 2.55. The lowest BCUT2D eigenvalue weighted by atomic mass is 10.2. The number of aliphatic imine (C=N–C) groups is 1. The first kappa shape index (κ1) is 17.8. The molecule has 0 bridgehead atoms. The highest BCUT2D eigenvalue weighted by molar-refractivity contribution is 8.13. The molecule has 0 aromatic heterocycles. The van der Waals surface area contributed by atoms with Crippen molar-refractivity contribution >= 4 is 40.1 Å². The molecule has 25 heavy (non-hydrogen) atoms. The van der Waals surface area contributed by atoms with Gasteiger partial charge in [-0.1, -0.05) is 41.6 Å². The molecule has 1 heterocycles. The number of rotatable bonds is 4. The van der Waals surface area contributed by atoms with E-state index in [-0.39, 0.29) is 12.5 Å². The number of aryl methyl sites for hydroxylation is 1. The molecule has 0 saturated carbocycles. The molecule has 6 heteroatoms. The number of hydrogen-bond acceptors (Lipinski definition) is 4. The van der Waals surface area contributed by atoms with Gasteiger partial charge in [0, 0.05) is 17.3 Å². The van der Waals surface area contributed by atoms with Crippen molar-refractivity contribution in [3.8, 4) is 5.75 Å². The van der Waals surface area contributed by atoms with Crippen molar-refractivity contribution in [1.29, 1.82) is 0 Å². The number of amides is 1. The maximum atomic E-state index is 12.6. The minimum Gasteiger partial charge on any atom is -0.484 e. The van der Waals surface area contributed by atoms with Gasteiger partial charge in [-0.15, -0.1) is 0 Å². The Morgan fingerprint density at radius 1 is 1.28 bits per heavy atom. The summed E-state index contributed by atoms with van der Waals surface area (Å²) in [7, 11) is 0. The van der Waals surface area contributed by atoms with E-state index < -0.39 is 0 Å². The highest BCUT2D eigenvalue weighted by Gasteiger charge is 2.24. The van der Waals surface area contributed by atoms with Crippen LogP contribution in [0.15, 0.2) is 53.5 Å². The van der Waals surface area contributed by atoms with Crippen molar-refractivity contribution in [3.63, 3.8) is 0 Å². The minimum absolute atomic E-state index is 0.0184. The molecule has 0 radical (unpaired) electrons. The average molecular weight is 375 g/mol. The van der Waals surface area contributed by atoms with Gasteiger partial charge in [0.2, 0.25) is 0 Å². The molecule has 1 fully saturated rings. The molecule has 0 atom stereocenters. The van der Waals surface area contributed by atoms with Gasteiger partial charge in [0.15, 0.2) is 11.8 Å². The standard InChI is InChI=1S/C19H19ClN2O2S/c1-14-12-16(8-9-17(14)20)24-13-18(23)22-10-5-11-25-19(22)21-15-6-3-2-4-7-15/h2-4,6-9,12H,5,10-11,13H2,1H3. The van der Waals surface area contributed by atoms with Gasteiger partial charge in [-0.25, -0.2) is 4.99 Å². The first-order valence-corrected chi connectivity index (χ1v) is 9.46. The highest BCUT2D eigenvalue weighted by Crippen LogP contribution is 2.24. The fraction of sp³-hybridized carbons (Fsp3) is 0.263. The maximum absolute atomic E-state index is 12.6. The number of thioether (sulfide) groups is 1. The predicted molar refractivity (Wildman–Crippen MR) is 104 cm³/mol. The van der Waals surface area contributed by atoms with Crippen molar-refractivity contribution in [3.05, 3.63) is 59.1 Å². The fourth-order valence-corrected chi connectivity index (χ4v) is 3.52. The van der Waals surface area contributed by atoms with Crippen LogP contribution in [0.1, 0.15) is 12.0 Å². The third-order valence-corrected chi connectivity index (χ3v) is 5.25. The Hall–Kier alpha value is -1.98. The largest absolute Gasteiger partial charge is 0.484 e. The summed E-state index contributed by atoms with van der Waals surface area (Å²) >= 11 is 7.61. The van der Waals surface area contributed by atoms with Crippen LogP contribution < -0.4 is 4.74 Å². The van der Waals surface area contributed by atoms with E-state index in [0.717, 1.165) is 28.6 Å². The number of ether oxygens (including phenoxy) is 1. The van der Waals surface area contributed by atoms with E-state index in [0.29, 0.717) is 17.3 Å². The van der Waals surface area contributed by atoms with E-state index in [1.807, 2.05) is 43.3 Å². The first-order valence-electron chi connectivity index (χ1n) is 8.09. The van der Waals surface area contributed by atoms with Crippen molar-refractivity contribution in [2.24, 2.45) is 4.99 Å². The number of benzene rings is 2. The van der Waals surface area contributed by atoms with Gasteiger partial charge in [-0.2, -0.15) is 0 Å². The van der Waals surface area contributed by atoms with Crippen LogP contribution in [0.5, 0.6) is 5.75 Å². The Bertz CT molecular complexity index is 780. The maximum Gasteiger partial charge on any atom is 0.266 e. The van der Waals surface area contributed by atoms with E-state index >= 15 is 0 Å². The van der Waals surface area contributed by atoms with Gasteiger partial charge in [-0.05, 0) is 49.2 Å². The van der Waals surface area contributed by atoms with Gasteiger partial charge in [0.05, 0.1) is 5.69 Å². The number of amidine groups is 1. The molecule has 0 spiro atoms. The highest BCUT2D eigenvalue weighted by atomic mass is 35.5. The van der Waals surface area contributed by atoms with Crippen molar-refractivity contribution in [2.45, 2.75) is 13.3 Å². The van der Waals surface area contributed by atoms with Crippen molar-refractivity contribution in [1.82, 2.24) is 4.90 Å².